The number of aryl methyl sites for hydroxylation is 1. The Bertz CT molecular complexity index is 1090. The van der Waals surface area contributed by atoms with Gasteiger partial charge in [-0.3, -0.25) is 9.59 Å². The molecule has 0 saturated heterocycles. The lowest BCUT2D eigenvalue weighted by Gasteiger charge is -2.10. The molecule has 6 nitrogen and oxygen atoms in total. The number of fused-ring (bicyclic) bond motifs is 1. The van der Waals surface area contributed by atoms with Gasteiger partial charge in [-0.05, 0) is 49.2 Å². The van der Waals surface area contributed by atoms with Gasteiger partial charge in [-0.1, -0.05) is 24.3 Å². The quantitative estimate of drug-likeness (QED) is 0.516. The lowest BCUT2D eigenvalue weighted by atomic mass is 10.1. The summed E-state index contributed by atoms with van der Waals surface area (Å²) < 4.78 is 10.5. The van der Waals surface area contributed by atoms with Crippen molar-refractivity contribution in [2.24, 2.45) is 0 Å². The van der Waals surface area contributed by atoms with E-state index < -0.39 is 18.4 Å². The molecule has 0 aliphatic carbocycles. The fraction of sp³-hybridized carbons (Fsp3) is 0.227. The molecule has 1 heterocycles. The molecule has 0 unspecified atom stereocenters. The summed E-state index contributed by atoms with van der Waals surface area (Å²) >= 11 is 0. The largest absolute Gasteiger partial charge is 0.496 e. The van der Waals surface area contributed by atoms with Crippen LogP contribution in [0.1, 0.15) is 49.4 Å². The Morgan fingerprint density at radius 3 is 2.25 bits per heavy atom. The summed E-state index contributed by atoms with van der Waals surface area (Å²) in [7, 11) is 1.47. The number of hydrogen-bond acceptors (Lipinski definition) is 5. The molecule has 28 heavy (non-hydrogen) atoms. The van der Waals surface area contributed by atoms with Gasteiger partial charge in [0.1, 0.15) is 11.3 Å². The summed E-state index contributed by atoms with van der Waals surface area (Å²) in [6.45, 7) is 4.44. The van der Waals surface area contributed by atoms with Crippen molar-refractivity contribution in [3.8, 4) is 5.75 Å². The first-order chi connectivity index (χ1) is 13.3. The molecule has 0 radical (unpaired) electrons. The number of hydrogen-bond donors (Lipinski definition) is 1. The van der Waals surface area contributed by atoms with Crippen molar-refractivity contribution >= 4 is 28.3 Å². The topological polar surface area (TPSA) is 85.5 Å². The van der Waals surface area contributed by atoms with Crippen molar-refractivity contribution < 1.29 is 23.9 Å². The van der Waals surface area contributed by atoms with E-state index in [9.17, 15) is 14.4 Å². The first-order valence-electron chi connectivity index (χ1n) is 8.80. The van der Waals surface area contributed by atoms with E-state index in [0.29, 0.717) is 22.6 Å². The number of aromatic amines is 1. The third-order valence-corrected chi connectivity index (χ3v) is 4.69. The SMILES string of the molecule is COc1cc2ccccc2cc1C(=O)OCC(=O)c1[nH]c(C)c(C(C)=O)c1C. The lowest BCUT2D eigenvalue weighted by molar-refractivity contribution is 0.0470. The van der Waals surface area contributed by atoms with E-state index in [-0.39, 0.29) is 17.0 Å². The fourth-order valence-electron chi connectivity index (χ4n) is 3.39. The van der Waals surface area contributed by atoms with Gasteiger partial charge in [-0.2, -0.15) is 0 Å². The molecule has 0 saturated carbocycles. The molecule has 6 heteroatoms. The summed E-state index contributed by atoms with van der Waals surface area (Å²) in [6.07, 6.45) is 0. The summed E-state index contributed by atoms with van der Waals surface area (Å²) in [5.41, 5.74) is 2.20. The van der Waals surface area contributed by atoms with Crippen LogP contribution in [0.25, 0.3) is 10.8 Å². The molecule has 2 aromatic carbocycles. The van der Waals surface area contributed by atoms with Gasteiger partial charge in [0.25, 0.3) is 0 Å². The monoisotopic (exact) mass is 379 g/mol. The fourth-order valence-corrected chi connectivity index (χ4v) is 3.39. The lowest BCUT2D eigenvalue weighted by Crippen LogP contribution is -2.16. The predicted octanol–water partition coefficient (Wildman–Crippen LogP) is 4.04. The smallest absolute Gasteiger partial charge is 0.342 e. The Hall–Kier alpha value is -3.41. The summed E-state index contributed by atoms with van der Waals surface area (Å²) in [6, 6.07) is 11.0. The second-order valence-electron chi connectivity index (χ2n) is 6.58. The highest BCUT2D eigenvalue weighted by atomic mass is 16.5. The molecule has 0 bridgehead atoms. The molecular weight excluding hydrogens is 358 g/mol. The van der Waals surface area contributed by atoms with Crippen LogP contribution in [-0.4, -0.2) is 36.2 Å². The molecule has 0 amide bonds. The van der Waals surface area contributed by atoms with Crippen molar-refractivity contribution in [2.45, 2.75) is 20.8 Å². The normalized spacial score (nSPS) is 10.7. The van der Waals surface area contributed by atoms with E-state index in [2.05, 4.69) is 4.98 Å². The predicted molar refractivity (Wildman–Crippen MR) is 105 cm³/mol. The molecule has 1 aromatic heterocycles. The molecule has 0 fully saturated rings. The van der Waals surface area contributed by atoms with Crippen LogP contribution < -0.4 is 4.74 Å². The van der Waals surface area contributed by atoms with Gasteiger partial charge in [0.2, 0.25) is 5.78 Å². The molecular formula is C22H21NO5. The first-order valence-corrected chi connectivity index (χ1v) is 8.80. The number of carbonyl (C=O) groups is 3. The van der Waals surface area contributed by atoms with Gasteiger partial charge in [0.05, 0.1) is 12.8 Å². The van der Waals surface area contributed by atoms with E-state index in [1.165, 1.54) is 14.0 Å². The van der Waals surface area contributed by atoms with Crippen molar-refractivity contribution in [2.75, 3.05) is 13.7 Å². The highest BCUT2D eigenvalue weighted by Crippen LogP contribution is 2.27. The van der Waals surface area contributed by atoms with Crippen LogP contribution in [0.2, 0.25) is 0 Å². The highest BCUT2D eigenvalue weighted by Gasteiger charge is 2.22. The Labute approximate surface area is 162 Å². The summed E-state index contributed by atoms with van der Waals surface area (Å²) in [5.74, 6) is -0.796. The first kappa shape index (κ1) is 19.4. The van der Waals surface area contributed by atoms with Gasteiger partial charge >= 0.3 is 5.97 Å². The second kappa shape index (κ2) is 7.68. The third kappa shape index (κ3) is 3.53. The van der Waals surface area contributed by atoms with Gasteiger partial charge < -0.3 is 14.5 Å². The number of ether oxygens (including phenoxy) is 2. The van der Waals surface area contributed by atoms with E-state index in [4.69, 9.17) is 9.47 Å². The number of esters is 1. The third-order valence-electron chi connectivity index (χ3n) is 4.69. The average molecular weight is 379 g/mol. The molecule has 3 rings (SSSR count). The Balaban J connectivity index is 1.81. The maximum absolute atomic E-state index is 12.6. The van der Waals surface area contributed by atoms with Gasteiger partial charge in [0.15, 0.2) is 12.4 Å². The van der Waals surface area contributed by atoms with Gasteiger partial charge in [-0.25, -0.2) is 4.79 Å². The van der Waals surface area contributed by atoms with E-state index >= 15 is 0 Å². The Morgan fingerprint density at radius 2 is 1.68 bits per heavy atom. The molecule has 1 N–H and O–H groups in total. The summed E-state index contributed by atoms with van der Waals surface area (Å²) in [5, 5.41) is 1.80. The molecule has 0 aliphatic rings. The zero-order chi connectivity index (χ0) is 20.4. The Kier molecular flexibility index (Phi) is 5.31. The standard InChI is InChI=1S/C22H21NO5/c1-12-20(14(3)24)13(2)23-21(12)18(25)11-28-22(26)17-9-15-7-5-6-8-16(15)10-19(17)27-4/h5-10,23H,11H2,1-4H3. The van der Waals surface area contributed by atoms with Crippen LogP contribution in [0.4, 0.5) is 0 Å². The van der Waals surface area contributed by atoms with E-state index in [1.807, 2.05) is 24.3 Å². The number of ketones is 2. The summed E-state index contributed by atoms with van der Waals surface area (Å²) in [4.78, 5) is 39.7. The second-order valence-corrected chi connectivity index (χ2v) is 6.58. The zero-order valence-electron chi connectivity index (χ0n) is 16.2. The van der Waals surface area contributed by atoms with Crippen LogP contribution in [0.15, 0.2) is 36.4 Å². The molecule has 144 valence electrons. The van der Waals surface area contributed by atoms with Gasteiger partial charge in [0, 0.05) is 11.3 Å². The highest BCUT2D eigenvalue weighted by molar-refractivity contribution is 6.05. The minimum Gasteiger partial charge on any atom is -0.496 e. The van der Waals surface area contributed by atoms with Crippen LogP contribution in [0.5, 0.6) is 5.75 Å². The van der Waals surface area contributed by atoms with Crippen molar-refractivity contribution in [1.29, 1.82) is 0 Å². The van der Waals surface area contributed by atoms with E-state index in [0.717, 1.165) is 10.8 Å². The molecule has 0 spiro atoms. The number of carbonyl (C=O) groups excluding carboxylic acids is 3. The number of aromatic nitrogens is 1. The minimum atomic E-state index is -0.649. The number of Topliss-reactive ketones (excluding diaryl/α,β-unsaturated/α-hetero) is 2. The van der Waals surface area contributed by atoms with Crippen molar-refractivity contribution in [3.63, 3.8) is 0 Å². The number of H-pyrrole nitrogens is 1. The molecule has 0 atom stereocenters. The van der Waals surface area contributed by atoms with Crippen molar-refractivity contribution in [3.05, 3.63) is 64.5 Å². The maximum Gasteiger partial charge on any atom is 0.342 e. The minimum absolute atomic E-state index is 0.122. The molecule has 3 aromatic rings. The molecule has 0 aliphatic heterocycles. The maximum atomic E-state index is 12.6. The Morgan fingerprint density at radius 1 is 1.04 bits per heavy atom. The zero-order valence-corrected chi connectivity index (χ0v) is 16.2. The van der Waals surface area contributed by atoms with Crippen LogP contribution in [0.3, 0.4) is 0 Å². The number of benzene rings is 2. The van der Waals surface area contributed by atoms with Gasteiger partial charge in [-0.15, -0.1) is 0 Å². The number of rotatable bonds is 6. The van der Waals surface area contributed by atoms with Crippen LogP contribution in [-0.2, 0) is 4.74 Å². The van der Waals surface area contributed by atoms with Crippen molar-refractivity contribution in [1.82, 2.24) is 4.98 Å². The van der Waals surface area contributed by atoms with Crippen LogP contribution >= 0.6 is 0 Å². The number of nitrogens with one attached hydrogen (secondary N) is 1. The van der Waals surface area contributed by atoms with E-state index in [1.54, 1.807) is 26.0 Å². The number of methoxy groups -OCH3 is 1. The average Bonchev–Trinajstić information content (AvgIpc) is 2.98. The van der Waals surface area contributed by atoms with Crippen LogP contribution in [0, 0.1) is 13.8 Å².